The van der Waals surface area contributed by atoms with Crippen molar-refractivity contribution in [2.24, 2.45) is 0 Å². The standard InChI is InChI=1S/C11H19N3O2/c1-4-6-11(3,5-2)10-12-9-7-15-16-8-14(9)13-10/h4-8H2,1-3H3. The lowest BCUT2D eigenvalue weighted by molar-refractivity contribution is -0.343. The first-order valence-corrected chi connectivity index (χ1v) is 5.88. The van der Waals surface area contributed by atoms with Gasteiger partial charge in [0.2, 0.25) is 0 Å². The van der Waals surface area contributed by atoms with Crippen LogP contribution in [0.15, 0.2) is 0 Å². The Morgan fingerprint density at radius 2 is 2.19 bits per heavy atom. The van der Waals surface area contributed by atoms with E-state index in [1.807, 2.05) is 0 Å². The highest BCUT2D eigenvalue weighted by molar-refractivity contribution is 5.06. The summed E-state index contributed by atoms with van der Waals surface area (Å²) in [7, 11) is 0. The maximum Gasteiger partial charge on any atom is 0.176 e. The smallest absolute Gasteiger partial charge is 0.176 e. The van der Waals surface area contributed by atoms with E-state index in [1.54, 1.807) is 4.68 Å². The van der Waals surface area contributed by atoms with Gasteiger partial charge in [-0.05, 0) is 12.8 Å². The quantitative estimate of drug-likeness (QED) is 0.737. The lowest BCUT2D eigenvalue weighted by Crippen LogP contribution is -2.22. The minimum absolute atomic E-state index is 0.0685. The van der Waals surface area contributed by atoms with Crippen LogP contribution in [-0.2, 0) is 28.5 Å². The van der Waals surface area contributed by atoms with Crippen LogP contribution in [0.2, 0.25) is 0 Å². The summed E-state index contributed by atoms with van der Waals surface area (Å²) in [5.41, 5.74) is 0.0685. The van der Waals surface area contributed by atoms with Crippen LogP contribution in [0, 0.1) is 0 Å². The van der Waals surface area contributed by atoms with Crippen LogP contribution in [-0.4, -0.2) is 14.8 Å². The molecule has 0 aliphatic carbocycles. The van der Waals surface area contributed by atoms with Gasteiger partial charge in [0.05, 0.1) is 0 Å². The average Bonchev–Trinajstić information content (AvgIpc) is 2.73. The molecule has 0 N–H and O–H groups in total. The monoisotopic (exact) mass is 225 g/mol. The molecule has 2 rings (SSSR count). The maximum absolute atomic E-state index is 4.89. The van der Waals surface area contributed by atoms with Crippen LogP contribution in [0.1, 0.15) is 51.7 Å². The third-order valence-corrected chi connectivity index (χ3v) is 3.32. The van der Waals surface area contributed by atoms with E-state index in [2.05, 4.69) is 30.9 Å². The van der Waals surface area contributed by atoms with Gasteiger partial charge in [0.1, 0.15) is 6.61 Å². The zero-order chi connectivity index (χ0) is 11.6. The second-order valence-electron chi connectivity index (χ2n) is 4.52. The van der Waals surface area contributed by atoms with Gasteiger partial charge in [-0.1, -0.05) is 27.2 Å². The van der Waals surface area contributed by atoms with Crippen LogP contribution < -0.4 is 0 Å². The molecule has 0 radical (unpaired) electrons. The van der Waals surface area contributed by atoms with Gasteiger partial charge in [-0.15, -0.1) is 0 Å². The SMILES string of the molecule is CCCC(C)(CC)c1nc2n(n1)COOC2. The van der Waals surface area contributed by atoms with E-state index in [1.165, 1.54) is 0 Å². The summed E-state index contributed by atoms with van der Waals surface area (Å²) in [6.07, 6.45) is 3.29. The number of nitrogens with zero attached hydrogens (tertiary/aromatic N) is 3. The highest BCUT2D eigenvalue weighted by atomic mass is 17.2. The molecular formula is C11H19N3O2. The summed E-state index contributed by atoms with van der Waals surface area (Å²) in [6, 6.07) is 0. The molecule has 2 heterocycles. The zero-order valence-electron chi connectivity index (χ0n) is 10.2. The van der Waals surface area contributed by atoms with Gasteiger partial charge in [-0.3, -0.25) is 0 Å². The van der Waals surface area contributed by atoms with Gasteiger partial charge in [-0.2, -0.15) is 5.10 Å². The van der Waals surface area contributed by atoms with Crippen LogP contribution in [0.3, 0.4) is 0 Å². The number of fused-ring (bicyclic) bond motifs is 1. The van der Waals surface area contributed by atoms with E-state index in [-0.39, 0.29) is 5.41 Å². The van der Waals surface area contributed by atoms with Gasteiger partial charge in [0.25, 0.3) is 0 Å². The Balaban J connectivity index is 2.28. The third-order valence-electron chi connectivity index (χ3n) is 3.32. The molecule has 1 unspecified atom stereocenters. The molecule has 0 bridgehead atoms. The summed E-state index contributed by atoms with van der Waals surface area (Å²) in [6.45, 7) is 7.32. The van der Waals surface area contributed by atoms with Crippen molar-refractivity contribution in [1.29, 1.82) is 0 Å². The maximum atomic E-state index is 4.89. The Morgan fingerprint density at radius 3 is 2.81 bits per heavy atom. The largest absolute Gasteiger partial charge is 0.227 e. The predicted octanol–water partition coefficient (Wildman–Crippen LogP) is 2.17. The van der Waals surface area contributed by atoms with Crippen LogP contribution in [0.25, 0.3) is 0 Å². The van der Waals surface area contributed by atoms with Crippen LogP contribution >= 0.6 is 0 Å². The fourth-order valence-corrected chi connectivity index (χ4v) is 2.02. The molecule has 0 amide bonds. The number of aromatic nitrogens is 3. The zero-order valence-corrected chi connectivity index (χ0v) is 10.2. The Morgan fingerprint density at radius 1 is 1.38 bits per heavy atom. The molecule has 0 saturated heterocycles. The minimum atomic E-state index is 0.0685. The molecular weight excluding hydrogens is 206 g/mol. The number of hydrogen-bond donors (Lipinski definition) is 0. The second kappa shape index (κ2) is 4.51. The van der Waals surface area contributed by atoms with Gasteiger partial charge in [0.15, 0.2) is 18.4 Å². The fourth-order valence-electron chi connectivity index (χ4n) is 2.02. The molecule has 0 fully saturated rings. The van der Waals surface area contributed by atoms with Gasteiger partial charge < -0.3 is 0 Å². The average molecular weight is 225 g/mol. The molecule has 5 nitrogen and oxygen atoms in total. The molecule has 1 atom stereocenters. The molecule has 1 aliphatic heterocycles. The van der Waals surface area contributed by atoms with Crippen LogP contribution in [0.5, 0.6) is 0 Å². The van der Waals surface area contributed by atoms with Crippen molar-refractivity contribution < 1.29 is 9.78 Å². The Labute approximate surface area is 95.7 Å². The van der Waals surface area contributed by atoms with E-state index < -0.39 is 0 Å². The summed E-state index contributed by atoms with van der Waals surface area (Å²) in [5, 5.41) is 4.51. The first kappa shape index (κ1) is 11.5. The van der Waals surface area contributed by atoms with Crippen molar-refractivity contribution in [3.8, 4) is 0 Å². The number of hydrogen-bond acceptors (Lipinski definition) is 4. The highest BCUT2D eigenvalue weighted by Crippen LogP contribution is 2.30. The first-order chi connectivity index (χ1) is 7.69. The van der Waals surface area contributed by atoms with Gasteiger partial charge in [0, 0.05) is 5.41 Å². The summed E-state index contributed by atoms with van der Waals surface area (Å²) in [5.74, 6) is 1.78. The van der Waals surface area contributed by atoms with Crippen LogP contribution in [0.4, 0.5) is 0 Å². The molecule has 0 saturated carbocycles. The predicted molar refractivity (Wildman–Crippen MR) is 58.4 cm³/mol. The summed E-state index contributed by atoms with van der Waals surface area (Å²) >= 11 is 0. The van der Waals surface area contributed by atoms with Crippen molar-refractivity contribution >= 4 is 0 Å². The summed E-state index contributed by atoms with van der Waals surface area (Å²) < 4.78 is 1.78. The Kier molecular flexibility index (Phi) is 3.25. The van der Waals surface area contributed by atoms with E-state index in [9.17, 15) is 0 Å². The van der Waals surface area contributed by atoms with E-state index >= 15 is 0 Å². The molecule has 90 valence electrons. The molecule has 0 spiro atoms. The molecule has 0 aromatic carbocycles. The van der Waals surface area contributed by atoms with Crippen molar-refractivity contribution in [3.05, 3.63) is 11.6 Å². The van der Waals surface area contributed by atoms with Crippen molar-refractivity contribution in [2.75, 3.05) is 0 Å². The molecule has 16 heavy (non-hydrogen) atoms. The topological polar surface area (TPSA) is 49.2 Å². The molecule has 1 aliphatic rings. The Hall–Kier alpha value is -0.940. The fraction of sp³-hybridized carbons (Fsp3) is 0.818. The van der Waals surface area contributed by atoms with E-state index in [4.69, 9.17) is 9.78 Å². The Bertz CT molecular complexity index is 341. The van der Waals surface area contributed by atoms with Gasteiger partial charge >= 0.3 is 0 Å². The highest BCUT2D eigenvalue weighted by Gasteiger charge is 2.30. The van der Waals surface area contributed by atoms with E-state index in [0.29, 0.717) is 13.3 Å². The van der Waals surface area contributed by atoms with Crippen molar-refractivity contribution in [3.63, 3.8) is 0 Å². The van der Waals surface area contributed by atoms with Crippen molar-refractivity contribution in [1.82, 2.24) is 14.8 Å². The normalized spacial score (nSPS) is 19.2. The molecule has 1 aromatic rings. The molecule has 1 aromatic heterocycles. The van der Waals surface area contributed by atoms with Gasteiger partial charge in [-0.25, -0.2) is 19.4 Å². The molecule has 5 heteroatoms. The summed E-state index contributed by atoms with van der Waals surface area (Å²) in [4.78, 5) is 14.3. The van der Waals surface area contributed by atoms with Crippen molar-refractivity contribution in [2.45, 2.75) is 58.8 Å². The lowest BCUT2D eigenvalue weighted by atomic mass is 9.82. The lowest BCUT2D eigenvalue weighted by Gasteiger charge is -2.23. The first-order valence-electron chi connectivity index (χ1n) is 5.88. The van der Waals surface area contributed by atoms with E-state index in [0.717, 1.165) is 30.9 Å². The second-order valence-corrected chi connectivity index (χ2v) is 4.52. The number of rotatable bonds is 4. The minimum Gasteiger partial charge on any atom is -0.227 e. The third kappa shape index (κ3) is 1.97.